The molecule has 2 heterocycles. The number of rotatable bonds is 2. The van der Waals surface area contributed by atoms with Gasteiger partial charge in [0.2, 0.25) is 0 Å². The first-order valence-corrected chi connectivity index (χ1v) is 7.13. The highest BCUT2D eigenvalue weighted by Crippen LogP contribution is 2.38. The molecule has 2 aromatic rings. The molecule has 0 saturated carbocycles. The normalized spacial score (nSPS) is 19.5. The third kappa shape index (κ3) is 2.53. The molecule has 1 aromatic heterocycles. The number of halogens is 1. The molecule has 0 aliphatic carbocycles. The topological polar surface area (TPSA) is 61.3 Å². The van der Waals surface area contributed by atoms with Crippen molar-refractivity contribution >= 4 is 21.7 Å². The van der Waals surface area contributed by atoms with E-state index in [-0.39, 0.29) is 5.92 Å². The van der Waals surface area contributed by atoms with Gasteiger partial charge in [0.15, 0.2) is 11.6 Å². The van der Waals surface area contributed by atoms with Crippen molar-refractivity contribution < 1.29 is 9.26 Å². The van der Waals surface area contributed by atoms with Gasteiger partial charge in [-0.1, -0.05) is 33.2 Å². The Bertz CT molecular complexity index is 577. The number of ether oxygens (including phenoxy) is 1. The zero-order chi connectivity index (χ0) is 13.2. The highest BCUT2D eigenvalue weighted by molar-refractivity contribution is 9.10. The van der Waals surface area contributed by atoms with Gasteiger partial charge in [-0.2, -0.15) is 0 Å². The van der Waals surface area contributed by atoms with E-state index in [1.54, 1.807) is 0 Å². The Balaban J connectivity index is 2.03. The number of nitrogens with zero attached hydrogens (tertiary/aromatic N) is 1. The molecule has 1 fully saturated rings. The van der Waals surface area contributed by atoms with Crippen molar-refractivity contribution in [3.05, 3.63) is 34.5 Å². The molecule has 0 amide bonds. The summed E-state index contributed by atoms with van der Waals surface area (Å²) in [7, 11) is 0. The minimum Gasteiger partial charge on any atom is -0.381 e. The second-order valence-electron chi connectivity index (χ2n) is 4.73. The number of hydrogen-bond donors (Lipinski definition) is 1. The Morgan fingerprint density at radius 1 is 1.37 bits per heavy atom. The van der Waals surface area contributed by atoms with Crippen LogP contribution in [-0.4, -0.2) is 18.4 Å². The molecule has 0 radical (unpaired) electrons. The molecule has 3 rings (SSSR count). The van der Waals surface area contributed by atoms with Gasteiger partial charge in [-0.25, -0.2) is 0 Å². The van der Waals surface area contributed by atoms with Crippen molar-refractivity contribution in [1.82, 2.24) is 5.16 Å². The van der Waals surface area contributed by atoms with Crippen molar-refractivity contribution in [2.24, 2.45) is 0 Å². The van der Waals surface area contributed by atoms with Gasteiger partial charge in [0.1, 0.15) is 0 Å². The summed E-state index contributed by atoms with van der Waals surface area (Å²) in [5.74, 6) is 1.53. The van der Waals surface area contributed by atoms with E-state index >= 15 is 0 Å². The predicted molar refractivity (Wildman–Crippen MR) is 76.8 cm³/mol. The zero-order valence-electron chi connectivity index (χ0n) is 10.4. The number of aromatic nitrogens is 1. The molecule has 1 atom stereocenters. The lowest BCUT2D eigenvalue weighted by Crippen LogP contribution is -2.15. The predicted octanol–water partition coefficient (Wildman–Crippen LogP) is 3.58. The van der Waals surface area contributed by atoms with Crippen LogP contribution in [0.5, 0.6) is 0 Å². The Morgan fingerprint density at radius 3 is 3.00 bits per heavy atom. The molecular formula is C14H15BrN2O2. The maximum Gasteiger partial charge on any atom is 0.175 e. The van der Waals surface area contributed by atoms with E-state index in [2.05, 4.69) is 21.1 Å². The molecule has 4 nitrogen and oxygen atoms in total. The van der Waals surface area contributed by atoms with Gasteiger partial charge in [-0.05, 0) is 30.5 Å². The van der Waals surface area contributed by atoms with Crippen molar-refractivity contribution in [1.29, 1.82) is 0 Å². The summed E-state index contributed by atoms with van der Waals surface area (Å²) in [5.41, 5.74) is 7.89. The van der Waals surface area contributed by atoms with Crippen LogP contribution in [0, 0.1) is 0 Å². The Kier molecular flexibility index (Phi) is 3.57. The number of benzene rings is 1. The first-order chi connectivity index (χ1) is 9.25. The quantitative estimate of drug-likeness (QED) is 0.917. The molecule has 1 saturated heterocycles. The first kappa shape index (κ1) is 12.7. The van der Waals surface area contributed by atoms with Crippen molar-refractivity contribution in [3.63, 3.8) is 0 Å². The van der Waals surface area contributed by atoms with Crippen molar-refractivity contribution in [3.8, 4) is 11.1 Å². The number of nitrogen functional groups attached to an aromatic ring is 1. The second-order valence-corrected chi connectivity index (χ2v) is 5.65. The standard InChI is InChI=1S/C14H15BrN2O2/c15-11-5-1-3-9(7-11)12-13(19-17-14(12)16)10-4-2-6-18-8-10/h1,3,5,7,10H,2,4,6,8H2,(H2,16,17). The summed E-state index contributed by atoms with van der Waals surface area (Å²) < 4.78 is 12.0. The fourth-order valence-corrected chi connectivity index (χ4v) is 2.88. The maximum absolute atomic E-state index is 5.97. The van der Waals surface area contributed by atoms with Gasteiger partial charge in [0.05, 0.1) is 12.2 Å². The lowest BCUT2D eigenvalue weighted by atomic mass is 9.93. The zero-order valence-corrected chi connectivity index (χ0v) is 12.0. The molecule has 1 aliphatic heterocycles. The molecule has 100 valence electrons. The van der Waals surface area contributed by atoms with E-state index in [9.17, 15) is 0 Å². The number of nitrogens with two attached hydrogens (primary N) is 1. The SMILES string of the molecule is Nc1noc(C2CCCOC2)c1-c1cccc(Br)c1. The molecule has 2 N–H and O–H groups in total. The summed E-state index contributed by atoms with van der Waals surface area (Å²) in [4.78, 5) is 0. The number of anilines is 1. The van der Waals surface area contributed by atoms with Gasteiger partial charge in [0.25, 0.3) is 0 Å². The summed E-state index contributed by atoms with van der Waals surface area (Å²) in [5, 5.41) is 3.93. The smallest absolute Gasteiger partial charge is 0.175 e. The van der Waals surface area contributed by atoms with Crippen LogP contribution < -0.4 is 5.73 Å². The van der Waals surface area contributed by atoms with Crippen LogP contribution in [0.25, 0.3) is 11.1 Å². The Labute approximate surface area is 120 Å². The van der Waals surface area contributed by atoms with E-state index in [1.165, 1.54) is 0 Å². The summed E-state index contributed by atoms with van der Waals surface area (Å²) in [6.45, 7) is 1.50. The molecule has 0 bridgehead atoms. The van der Waals surface area contributed by atoms with Crippen LogP contribution >= 0.6 is 15.9 Å². The van der Waals surface area contributed by atoms with Crippen LogP contribution in [0.15, 0.2) is 33.3 Å². The van der Waals surface area contributed by atoms with Gasteiger partial charge in [-0.3, -0.25) is 0 Å². The Hall–Kier alpha value is -1.33. The fraction of sp³-hybridized carbons (Fsp3) is 0.357. The minimum absolute atomic E-state index is 0.243. The van der Waals surface area contributed by atoms with Gasteiger partial charge < -0.3 is 15.0 Å². The van der Waals surface area contributed by atoms with Gasteiger partial charge in [-0.15, -0.1) is 0 Å². The first-order valence-electron chi connectivity index (χ1n) is 6.34. The maximum atomic E-state index is 5.97. The van der Waals surface area contributed by atoms with E-state index in [1.807, 2.05) is 24.3 Å². The second kappa shape index (κ2) is 5.35. The van der Waals surface area contributed by atoms with Gasteiger partial charge >= 0.3 is 0 Å². The van der Waals surface area contributed by atoms with Crippen LogP contribution in [-0.2, 0) is 4.74 Å². The monoisotopic (exact) mass is 322 g/mol. The van der Waals surface area contributed by atoms with Crippen LogP contribution in [0.4, 0.5) is 5.82 Å². The van der Waals surface area contributed by atoms with Crippen molar-refractivity contribution in [2.45, 2.75) is 18.8 Å². The molecule has 1 aliphatic rings. The average Bonchev–Trinajstić information content (AvgIpc) is 2.82. The lowest BCUT2D eigenvalue weighted by molar-refractivity contribution is 0.0723. The van der Waals surface area contributed by atoms with Gasteiger partial charge in [0, 0.05) is 17.0 Å². The molecule has 1 aromatic carbocycles. The molecule has 5 heteroatoms. The lowest BCUT2D eigenvalue weighted by Gasteiger charge is -2.20. The average molecular weight is 323 g/mol. The van der Waals surface area contributed by atoms with Crippen LogP contribution in [0.3, 0.4) is 0 Å². The van der Waals surface area contributed by atoms with E-state index in [0.29, 0.717) is 12.4 Å². The third-order valence-electron chi connectivity index (χ3n) is 3.39. The summed E-state index contributed by atoms with van der Waals surface area (Å²) in [6, 6.07) is 8.00. The molecule has 0 spiro atoms. The van der Waals surface area contributed by atoms with E-state index < -0.39 is 0 Å². The Morgan fingerprint density at radius 2 is 2.26 bits per heavy atom. The molecular weight excluding hydrogens is 308 g/mol. The van der Waals surface area contributed by atoms with Crippen LogP contribution in [0.2, 0.25) is 0 Å². The fourth-order valence-electron chi connectivity index (χ4n) is 2.48. The number of hydrogen-bond acceptors (Lipinski definition) is 4. The molecule has 1 unspecified atom stereocenters. The van der Waals surface area contributed by atoms with Crippen molar-refractivity contribution in [2.75, 3.05) is 18.9 Å². The van der Waals surface area contributed by atoms with Crippen LogP contribution in [0.1, 0.15) is 24.5 Å². The largest absolute Gasteiger partial charge is 0.381 e. The third-order valence-corrected chi connectivity index (χ3v) is 3.88. The summed E-state index contributed by atoms with van der Waals surface area (Å²) in [6.07, 6.45) is 2.10. The van der Waals surface area contributed by atoms with E-state index in [0.717, 1.165) is 40.8 Å². The highest BCUT2D eigenvalue weighted by atomic mass is 79.9. The summed E-state index contributed by atoms with van der Waals surface area (Å²) >= 11 is 3.48. The highest BCUT2D eigenvalue weighted by Gasteiger charge is 2.26. The van der Waals surface area contributed by atoms with E-state index in [4.69, 9.17) is 15.0 Å². The minimum atomic E-state index is 0.243. The molecule has 19 heavy (non-hydrogen) atoms.